The van der Waals surface area contributed by atoms with Gasteiger partial charge in [-0.05, 0) is 23.1 Å². The van der Waals surface area contributed by atoms with Gasteiger partial charge in [0.25, 0.3) is 0 Å². The van der Waals surface area contributed by atoms with Crippen LogP contribution >= 0.6 is 0 Å². The van der Waals surface area contributed by atoms with E-state index in [1.54, 1.807) is 12.3 Å². The number of fused-ring (bicyclic) bond motifs is 1. The molecule has 17 heavy (non-hydrogen) atoms. The molecular formula is C13H16N4. The maximum absolute atomic E-state index is 7.38. The van der Waals surface area contributed by atoms with Crippen LogP contribution in [0.2, 0.25) is 0 Å². The van der Waals surface area contributed by atoms with Crippen LogP contribution < -0.4 is 5.73 Å². The Morgan fingerprint density at radius 3 is 2.47 bits per heavy atom. The fourth-order valence-electron chi connectivity index (χ4n) is 1.59. The summed E-state index contributed by atoms with van der Waals surface area (Å²) in [5.41, 5.74) is 7.96. The van der Waals surface area contributed by atoms with Crippen LogP contribution in [-0.2, 0) is 5.41 Å². The molecule has 0 radical (unpaired) electrons. The minimum Gasteiger partial charge on any atom is -0.382 e. The van der Waals surface area contributed by atoms with Gasteiger partial charge in [-0.1, -0.05) is 20.8 Å². The average Bonchev–Trinajstić information content (AvgIpc) is 2.26. The largest absolute Gasteiger partial charge is 0.382 e. The lowest BCUT2D eigenvalue weighted by Gasteiger charge is -2.18. The number of nitrogens with two attached hydrogens (primary N) is 1. The van der Waals surface area contributed by atoms with Crippen molar-refractivity contribution >= 4 is 16.7 Å². The molecule has 0 fully saturated rings. The van der Waals surface area contributed by atoms with Crippen molar-refractivity contribution in [3.05, 3.63) is 35.8 Å². The molecule has 0 aliphatic carbocycles. The highest BCUT2D eigenvalue weighted by Crippen LogP contribution is 2.24. The number of nitrogen functional groups attached to an aromatic ring is 1. The van der Waals surface area contributed by atoms with Gasteiger partial charge < -0.3 is 5.73 Å². The Balaban J connectivity index is 2.62. The number of amidine groups is 1. The topological polar surface area (TPSA) is 75.7 Å². The lowest BCUT2D eigenvalue weighted by Crippen LogP contribution is -2.14. The van der Waals surface area contributed by atoms with Crippen molar-refractivity contribution in [2.24, 2.45) is 5.73 Å². The van der Waals surface area contributed by atoms with E-state index in [4.69, 9.17) is 11.1 Å². The van der Waals surface area contributed by atoms with Crippen molar-refractivity contribution < 1.29 is 0 Å². The standard InChI is InChI=1S/C13H16N4/c1-13(2,3)9-4-8-5-10(12(14)15)17-7-11(8)16-6-9/h4-7H,1-3H3,(H3,14,15). The van der Waals surface area contributed by atoms with Gasteiger partial charge >= 0.3 is 0 Å². The summed E-state index contributed by atoms with van der Waals surface area (Å²) in [5.74, 6) is -0.0203. The van der Waals surface area contributed by atoms with E-state index in [0.717, 1.165) is 16.5 Å². The molecule has 0 aromatic carbocycles. The van der Waals surface area contributed by atoms with Crippen LogP contribution in [0.25, 0.3) is 10.9 Å². The molecule has 2 aromatic heterocycles. The van der Waals surface area contributed by atoms with Crippen molar-refractivity contribution in [1.29, 1.82) is 5.41 Å². The van der Waals surface area contributed by atoms with E-state index in [1.165, 1.54) is 0 Å². The van der Waals surface area contributed by atoms with E-state index in [1.807, 2.05) is 6.20 Å². The van der Waals surface area contributed by atoms with E-state index >= 15 is 0 Å². The van der Waals surface area contributed by atoms with Crippen molar-refractivity contribution in [3.8, 4) is 0 Å². The fraction of sp³-hybridized carbons (Fsp3) is 0.308. The van der Waals surface area contributed by atoms with E-state index in [0.29, 0.717) is 5.69 Å². The summed E-state index contributed by atoms with van der Waals surface area (Å²) in [6.07, 6.45) is 3.52. The molecule has 0 bridgehead atoms. The molecule has 2 heterocycles. The Hall–Kier alpha value is -1.97. The Morgan fingerprint density at radius 2 is 1.88 bits per heavy atom. The number of nitrogens with zero attached hydrogens (tertiary/aromatic N) is 2. The summed E-state index contributed by atoms with van der Waals surface area (Å²) in [7, 11) is 0. The summed E-state index contributed by atoms with van der Waals surface area (Å²) in [5, 5.41) is 8.35. The molecule has 0 aliphatic rings. The predicted octanol–water partition coefficient (Wildman–Crippen LogP) is 2.21. The second kappa shape index (κ2) is 3.80. The Bertz CT molecular complexity index is 581. The number of hydrogen-bond donors (Lipinski definition) is 2. The summed E-state index contributed by atoms with van der Waals surface area (Å²) in [4.78, 5) is 8.46. The lowest BCUT2D eigenvalue weighted by atomic mass is 9.88. The van der Waals surface area contributed by atoms with E-state index < -0.39 is 0 Å². The van der Waals surface area contributed by atoms with Gasteiger partial charge in [0.15, 0.2) is 0 Å². The molecule has 0 unspecified atom stereocenters. The summed E-state index contributed by atoms with van der Waals surface area (Å²) >= 11 is 0. The zero-order valence-corrected chi connectivity index (χ0v) is 10.3. The van der Waals surface area contributed by atoms with Gasteiger partial charge in [0.05, 0.1) is 11.7 Å². The highest BCUT2D eigenvalue weighted by Gasteiger charge is 2.14. The molecule has 4 heteroatoms. The predicted molar refractivity (Wildman–Crippen MR) is 69.3 cm³/mol. The highest BCUT2D eigenvalue weighted by molar-refractivity contribution is 5.96. The Kier molecular flexibility index (Phi) is 2.58. The SMILES string of the molecule is CC(C)(C)c1cnc2cnc(C(=N)N)cc2c1. The van der Waals surface area contributed by atoms with Gasteiger partial charge in [-0.15, -0.1) is 0 Å². The first-order chi connectivity index (χ1) is 7.88. The molecule has 0 atom stereocenters. The molecule has 0 saturated heterocycles. The summed E-state index contributed by atoms with van der Waals surface area (Å²) < 4.78 is 0. The van der Waals surface area contributed by atoms with Gasteiger partial charge in [-0.25, -0.2) is 0 Å². The molecule has 88 valence electrons. The molecule has 0 saturated carbocycles. The van der Waals surface area contributed by atoms with Crippen LogP contribution in [-0.4, -0.2) is 15.8 Å². The van der Waals surface area contributed by atoms with Crippen molar-refractivity contribution in [1.82, 2.24) is 9.97 Å². The van der Waals surface area contributed by atoms with E-state index in [2.05, 4.69) is 36.8 Å². The minimum absolute atomic E-state index is 0.0203. The number of aromatic nitrogens is 2. The van der Waals surface area contributed by atoms with Crippen LogP contribution in [0.3, 0.4) is 0 Å². The maximum atomic E-state index is 7.38. The Labute approximate surface area is 100 Å². The lowest BCUT2D eigenvalue weighted by molar-refractivity contribution is 0.588. The third-order valence-electron chi connectivity index (χ3n) is 2.71. The van der Waals surface area contributed by atoms with Crippen LogP contribution in [0.5, 0.6) is 0 Å². The molecule has 3 N–H and O–H groups in total. The normalized spacial score (nSPS) is 11.7. The zero-order chi connectivity index (χ0) is 12.6. The first-order valence-corrected chi connectivity index (χ1v) is 5.48. The third kappa shape index (κ3) is 2.25. The molecule has 2 aromatic rings. The van der Waals surface area contributed by atoms with Gasteiger partial charge in [-0.2, -0.15) is 0 Å². The van der Waals surface area contributed by atoms with Gasteiger partial charge in [0, 0.05) is 11.6 Å². The molecule has 0 amide bonds. The van der Waals surface area contributed by atoms with Crippen LogP contribution in [0.4, 0.5) is 0 Å². The Morgan fingerprint density at radius 1 is 1.18 bits per heavy atom. The number of pyridine rings is 2. The number of rotatable bonds is 1. The molecule has 0 aliphatic heterocycles. The molecule has 0 spiro atoms. The molecular weight excluding hydrogens is 212 g/mol. The monoisotopic (exact) mass is 228 g/mol. The summed E-state index contributed by atoms with van der Waals surface area (Å²) in [6.45, 7) is 6.43. The smallest absolute Gasteiger partial charge is 0.141 e. The van der Waals surface area contributed by atoms with Crippen molar-refractivity contribution in [3.63, 3.8) is 0 Å². The van der Waals surface area contributed by atoms with Crippen LogP contribution in [0, 0.1) is 5.41 Å². The van der Waals surface area contributed by atoms with Gasteiger partial charge in [-0.3, -0.25) is 15.4 Å². The first-order valence-electron chi connectivity index (χ1n) is 5.48. The van der Waals surface area contributed by atoms with Crippen LogP contribution in [0.15, 0.2) is 24.5 Å². The van der Waals surface area contributed by atoms with Crippen LogP contribution in [0.1, 0.15) is 32.0 Å². The maximum Gasteiger partial charge on any atom is 0.141 e. The quantitative estimate of drug-likeness (QED) is 0.580. The molecule has 2 rings (SSSR count). The number of hydrogen-bond acceptors (Lipinski definition) is 3. The zero-order valence-electron chi connectivity index (χ0n) is 10.3. The second-order valence-electron chi connectivity index (χ2n) is 5.15. The number of nitrogens with one attached hydrogen (secondary N) is 1. The fourth-order valence-corrected chi connectivity index (χ4v) is 1.59. The second-order valence-corrected chi connectivity index (χ2v) is 5.15. The highest BCUT2D eigenvalue weighted by atomic mass is 14.8. The minimum atomic E-state index is -0.0203. The first kappa shape index (κ1) is 11.5. The van der Waals surface area contributed by atoms with E-state index in [9.17, 15) is 0 Å². The molecule has 4 nitrogen and oxygen atoms in total. The summed E-state index contributed by atoms with van der Waals surface area (Å²) in [6, 6.07) is 3.89. The van der Waals surface area contributed by atoms with Crippen molar-refractivity contribution in [2.45, 2.75) is 26.2 Å². The third-order valence-corrected chi connectivity index (χ3v) is 2.71. The van der Waals surface area contributed by atoms with Gasteiger partial charge in [0.2, 0.25) is 0 Å². The average molecular weight is 228 g/mol. The van der Waals surface area contributed by atoms with Crippen molar-refractivity contribution in [2.75, 3.05) is 0 Å². The van der Waals surface area contributed by atoms with E-state index in [-0.39, 0.29) is 11.3 Å². The van der Waals surface area contributed by atoms with Gasteiger partial charge in [0.1, 0.15) is 11.5 Å².